The molecule has 0 saturated carbocycles. The van der Waals surface area contributed by atoms with E-state index in [1.165, 1.54) is 11.0 Å². The number of hydrogen-bond acceptors (Lipinski definition) is 8. The highest BCUT2D eigenvalue weighted by atomic mass is 79.9. The molecule has 1 heterocycles. The Morgan fingerprint density at radius 2 is 1.62 bits per heavy atom. The number of ether oxygens (including phenoxy) is 2. The second-order valence-electron chi connectivity index (χ2n) is 6.60. The van der Waals surface area contributed by atoms with E-state index in [0.717, 1.165) is 19.9 Å². The van der Waals surface area contributed by atoms with Crippen LogP contribution in [0.2, 0.25) is 0 Å². The molecule has 0 aromatic heterocycles. The highest BCUT2D eigenvalue weighted by Crippen LogP contribution is 2.37. The van der Waals surface area contributed by atoms with Gasteiger partial charge in [-0.05, 0) is 19.1 Å². The van der Waals surface area contributed by atoms with Crippen LogP contribution < -0.4 is 20.5 Å². The van der Waals surface area contributed by atoms with E-state index >= 15 is 0 Å². The fraction of sp³-hybridized carbons (Fsp3) is 0.368. The molecule has 0 spiro atoms. The molecule has 1 unspecified atom stereocenters. The van der Waals surface area contributed by atoms with Crippen molar-refractivity contribution in [1.29, 1.82) is 0 Å². The number of nitrogens with one attached hydrogen (secondary N) is 2. The number of imide groups is 1. The Morgan fingerprint density at radius 3 is 2.12 bits per heavy atom. The Hall–Kier alpha value is -3.48. The normalized spacial score (nSPS) is 14.6. The molecule has 0 aliphatic carbocycles. The van der Waals surface area contributed by atoms with Crippen molar-refractivity contribution in [3.63, 3.8) is 0 Å². The number of nitrogens with zero attached hydrogens (tertiary/aromatic N) is 2. The van der Waals surface area contributed by atoms with Crippen LogP contribution in [0, 0.1) is 0 Å². The molecule has 1 atom stereocenters. The lowest BCUT2D eigenvalue weighted by atomic mass is 10.1. The van der Waals surface area contributed by atoms with Crippen LogP contribution >= 0.6 is 15.9 Å². The standard InChI is InChI=1S/C19H20BrN4O8/c1-4-23-5-6-24(18(29)17(23)28)19(30)22-15(16(21)27)11-7-13(31-9(2)25)14(8-12(11)20)32-10(3)26/h7-8,15,21H,4-6H2,1-3H3,(H,22,30). The predicted octanol–water partition coefficient (Wildman–Crippen LogP) is 0.551. The number of urea groups is 1. The summed E-state index contributed by atoms with van der Waals surface area (Å²) >= 11 is 3.17. The fourth-order valence-corrected chi connectivity index (χ4v) is 3.45. The van der Waals surface area contributed by atoms with Gasteiger partial charge in [-0.25, -0.2) is 4.79 Å². The van der Waals surface area contributed by atoms with Gasteiger partial charge in [0.2, 0.25) is 0 Å². The smallest absolute Gasteiger partial charge is 0.325 e. The number of carbonyl (C=O) groups excluding carboxylic acids is 6. The predicted molar refractivity (Wildman–Crippen MR) is 110 cm³/mol. The first kappa shape index (κ1) is 24.8. The lowest BCUT2D eigenvalue weighted by Gasteiger charge is -2.32. The summed E-state index contributed by atoms with van der Waals surface area (Å²) in [6.07, 6.45) is 0. The molecule has 2 rings (SSSR count). The number of halogens is 1. The topological polar surface area (TPSA) is 163 Å². The van der Waals surface area contributed by atoms with Crippen molar-refractivity contribution in [1.82, 2.24) is 20.9 Å². The summed E-state index contributed by atoms with van der Waals surface area (Å²) in [4.78, 5) is 73.6. The van der Waals surface area contributed by atoms with Gasteiger partial charge in [0.15, 0.2) is 11.5 Å². The number of likely N-dealkylation sites (N-methyl/N-ethyl adjacent to an activating group) is 1. The third-order valence-electron chi connectivity index (χ3n) is 4.35. The van der Waals surface area contributed by atoms with Crippen LogP contribution in [0.4, 0.5) is 4.79 Å². The Kier molecular flexibility index (Phi) is 7.92. The molecule has 1 fully saturated rings. The molecule has 1 radical (unpaired) electrons. The molecule has 5 amide bonds. The Labute approximate surface area is 191 Å². The van der Waals surface area contributed by atoms with Gasteiger partial charge in [0.05, 0.1) is 0 Å². The quantitative estimate of drug-likeness (QED) is 0.328. The molecule has 1 aromatic carbocycles. The summed E-state index contributed by atoms with van der Waals surface area (Å²) in [5.41, 5.74) is 7.56. The van der Waals surface area contributed by atoms with Crippen LogP contribution in [0.15, 0.2) is 16.6 Å². The maximum Gasteiger partial charge on any atom is 0.325 e. The maximum atomic E-state index is 12.6. The second kappa shape index (κ2) is 10.2. The van der Waals surface area contributed by atoms with Crippen LogP contribution in [-0.2, 0) is 24.0 Å². The number of piperazine rings is 1. The Bertz CT molecular complexity index is 996. The molecular formula is C19H20BrN4O8. The molecule has 1 aromatic rings. The molecule has 1 aliphatic heterocycles. The summed E-state index contributed by atoms with van der Waals surface area (Å²) in [5.74, 6) is -4.98. The highest BCUT2D eigenvalue weighted by Gasteiger charge is 2.37. The number of benzene rings is 1. The van der Waals surface area contributed by atoms with Gasteiger partial charge in [-0.1, -0.05) is 15.9 Å². The average molecular weight is 512 g/mol. The third-order valence-corrected chi connectivity index (χ3v) is 5.03. The molecule has 0 bridgehead atoms. The summed E-state index contributed by atoms with van der Waals surface area (Å²) < 4.78 is 10.1. The molecule has 171 valence electrons. The third kappa shape index (κ3) is 5.60. The van der Waals surface area contributed by atoms with Crippen LogP contribution in [0.5, 0.6) is 11.5 Å². The van der Waals surface area contributed by atoms with Gasteiger partial charge in [-0.15, -0.1) is 0 Å². The van der Waals surface area contributed by atoms with E-state index in [1.54, 1.807) is 6.92 Å². The average Bonchev–Trinajstić information content (AvgIpc) is 2.69. The minimum atomic E-state index is -1.59. The summed E-state index contributed by atoms with van der Waals surface area (Å²) in [5, 5.41) is 2.25. The van der Waals surface area contributed by atoms with E-state index in [1.807, 2.05) is 0 Å². The first-order valence-electron chi connectivity index (χ1n) is 9.33. The van der Waals surface area contributed by atoms with E-state index < -0.39 is 41.7 Å². The minimum Gasteiger partial charge on any atom is -0.423 e. The van der Waals surface area contributed by atoms with Crippen LogP contribution in [0.3, 0.4) is 0 Å². The molecule has 13 heteroatoms. The zero-order chi connectivity index (χ0) is 24.2. The lowest BCUT2D eigenvalue weighted by molar-refractivity contribution is -0.153. The van der Waals surface area contributed by atoms with E-state index in [9.17, 15) is 28.8 Å². The van der Waals surface area contributed by atoms with Crippen molar-refractivity contribution in [2.45, 2.75) is 26.8 Å². The Balaban J connectivity index is 2.37. The minimum absolute atomic E-state index is 0.00327. The SMILES string of the molecule is CCN1CCN(C(=O)NC(C([NH])=O)c2cc(OC(C)=O)c(OC(C)=O)cc2Br)C(=O)C1=O. The zero-order valence-corrected chi connectivity index (χ0v) is 19.0. The van der Waals surface area contributed by atoms with Gasteiger partial charge < -0.3 is 19.7 Å². The number of carbonyl (C=O) groups is 6. The summed E-state index contributed by atoms with van der Waals surface area (Å²) in [7, 11) is 0. The van der Waals surface area contributed by atoms with E-state index in [4.69, 9.17) is 15.2 Å². The van der Waals surface area contributed by atoms with Crippen molar-refractivity contribution in [2.24, 2.45) is 0 Å². The van der Waals surface area contributed by atoms with Crippen molar-refractivity contribution in [2.75, 3.05) is 19.6 Å². The Morgan fingerprint density at radius 1 is 1.06 bits per heavy atom. The zero-order valence-electron chi connectivity index (χ0n) is 17.4. The van der Waals surface area contributed by atoms with Crippen molar-refractivity contribution in [3.05, 3.63) is 22.2 Å². The molecule has 12 nitrogen and oxygen atoms in total. The summed E-state index contributed by atoms with van der Waals surface area (Å²) in [6, 6.07) is -0.269. The van der Waals surface area contributed by atoms with Gasteiger partial charge in [0.25, 0.3) is 5.91 Å². The van der Waals surface area contributed by atoms with Gasteiger partial charge in [-0.3, -0.25) is 34.6 Å². The number of hydrogen-bond donors (Lipinski definition) is 1. The van der Waals surface area contributed by atoms with Crippen molar-refractivity contribution in [3.8, 4) is 11.5 Å². The van der Waals surface area contributed by atoms with Crippen molar-refractivity contribution >= 4 is 51.6 Å². The molecule has 1 aliphatic rings. The monoisotopic (exact) mass is 511 g/mol. The van der Waals surface area contributed by atoms with Crippen LogP contribution in [0.25, 0.3) is 0 Å². The fourth-order valence-electron chi connectivity index (χ4n) is 2.90. The molecule has 1 saturated heterocycles. The maximum absolute atomic E-state index is 12.6. The molecule has 32 heavy (non-hydrogen) atoms. The summed E-state index contributed by atoms with van der Waals surface area (Å²) in [6.45, 7) is 4.26. The number of amides is 5. The first-order valence-corrected chi connectivity index (χ1v) is 10.1. The van der Waals surface area contributed by atoms with Gasteiger partial charge in [0.1, 0.15) is 6.04 Å². The molecule has 2 N–H and O–H groups in total. The second-order valence-corrected chi connectivity index (χ2v) is 7.45. The lowest BCUT2D eigenvalue weighted by Crippen LogP contribution is -2.58. The van der Waals surface area contributed by atoms with E-state index in [-0.39, 0.29) is 34.6 Å². The van der Waals surface area contributed by atoms with Gasteiger partial charge in [0, 0.05) is 43.5 Å². The van der Waals surface area contributed by atoms with Crippen molar-refractivity contribution < 1.29 is 38.2 Å². The van der Waals surface area contributed by atoms with Gasteiger partial charge >= 0.3 is 29.8 Å². The van der Waals surface area contributed by atoms with E-state index in [2.05, 4.69) is 21.2 Å². The van der Waals surface area contributed by atoms with Gasteiger partial charge in [-0.2, -0.15) is 0 Å². The van der Waals surface area contributed by atoms with Crippen LogP contribution in [0.1, 0.15) is 32.4 Å². The largest absolute Gasteiger partial charge is 0.423 e. The first-order chi connectivity index (χ1) is 15.0. The molecular weight excluding hydrogens is 492 g/mol. The number of esters is 2. The van der Waals surface area contributed by atoms with Crippen LogP contribution in [-0.4, -0.2) is 65.1 Å². The highest BCUT2D eigenvalue weighted by molar-refractivity contribution is 9.10. The van der Waals surface area contributed by atoms with E-state index in [0.29, 0.717) is 11.4 Å². The number of rotatable bonds is 6.